The van der Waals surface area contributed by atoms with E-state index in [2.05, 4.69) is 4.90 Å². The molecule has 0 radical (unpaired) electrons. The highest BCUT2D eigenvalue weighted by Gasteiger charge is 2.30. The first-order valence-corrected chi connectivity index (χ1v) is 8.47. The molecule has 0 spiro atoms. The van der Waals surface area contributed by atoms with Gasteiger partial charge in [0, 0.05) is 6.04 Å². The number of carboxylic acid groups (broad SMARTS) is 1. The van der Waals surface area contributed by atoms with Gasteiger partial charge < -0.3 is 10.0 Å². The summed E-state index contributed by atoms with van der Waals surface area (Å²) in [5, 5.41) is 9.03. The minimum Gasteiger partial charge on any atom is -0.481 e. The molecule has 2 rings (SSSR count). The molecule has 1 N–H and O–H groups in total. The molecule has 0 saturated carbocycles. The summed E-state index contributed by atoms with van der Waals surface area (Å²) in [4.78, 5) is 13.3. The van der Waals surface area contributed by atoms with E-state index in [1.54, 1.807) is 0 Å². The van der Waals surface area contributed by atoms with Crippen molar-refractivity contribution in [3.8, 4) is 0 Å². The van der Waals surface area contributed by atoms with Crippen LogP contribution in [0, 0.1) is 5.92 Å². The Balaban J connectivity index is 1.89. The molecule has 2 heterocycles. The molecular weight excluding hydrogens is 254 g/mol. The Labute approximate surface area is 108 Å². The maximum atomic E-state index is 11.4. The van der Waals surface area contributed by atoms with Crippen LogP contribution in [0.3, 0.4) is 0 Å². The number of carboxylic acids is 1. The molecule has 0 aromatic carbocycles. The molecule has 6 heteroatoms. The Hall–Kier alpha value is -0.620. The van der Waals surface area contributed by atoms with Crippen LogP contribution >= 0.6 is 0 Å². The number of likely N-dealkylation sites (tertiary alicyclic amines) is 1. The summed E-state index contributed by atoms with van der Waals surface area (Å²) in [5.74, 6) is -0.335. The van der Waals surface area contributed by atoms with Crippen molar-refractivity contribution in [2.75, 3.05) is 24.6 Å². The van der Waals surface area contributed by atoms with Gasteiger partial charge in [-0.3, -0.25) is 4.79 Å². The minimum absolute atomic E-state index is 0.220. The summed E-state index contributed by atoms with van der Waals surface area (Å²) in [5.41, 5.74) is 0. The van der Waals surface area contributed by atoms with Crippen LogP contribution in [-0.4, -0.2) is 55.0 Å². The Morgan fingerprint density at radius 3 is 2.33 bits per heavy atom. The highest BCUT2D eigenvalue weighted by Crippen LogP contribution is 2.24. The van der Waals surface area contributed by atoms with E-state index in [4.69, 9.17) is 5.11 Å². The fourth-order valence-electron chi connectivity index (χ4n) is 2.97. The van der Waals surface area contributed by atoms with Gasteiger partial charge in [0.2, 0.25) is 0 Å². The molecule has 0 aromatic rings. The van der Waals surface area contributed by atoms with Crippen molar-refractivity contribution in [3.63, 3.8) is 0 Å². The first-order chi connectivity index (χ1) is 8.48. The monoisotopic (exact) mass is 275 g/mol. The molecule has 1 unspecified atom stereocenters. The molecule has 2 aliphatic rings. The van der Waals surface area contributed by atoms with Crippen LogP contribution in [0.2, 0.25) is 0 Å². The first-order valence-electron chi connectivity index (χ1n) is 6.65. The molecule has 104 valence electrons. The van der Waals surface area contributed by atoms with Gasteiger partial charge in [-0.1, -0.05) is 0 Å². The Bertz CT molecular complexity index is 392. The zero-order valence-corrected chi connectivity index (χ0v) is 11.4. The van der Waals surface area contributed by atoms with E-state index >= 15 is 0 Å². The Morgan fingerprint density at radius 2 is 1.72 bits per heavy atom. The second-order valence-corrected chi connectivity index (χ2v) is 7.69. The topological polar surface area (TPSA) is 74.7 Å². The van der Waals surface area contributed by atoms with Crippen LogP contribution in [0.25, 0.3) is 0 Å². The van der Waals surface area contributed by atoms with Gasteiger partial charge in [-0.25, -0.2) is 8.42 Å². The molecule has 1 atom stereocenters. The predicted octanol–water partition coefficient (Wildman–Crippen LogP) is 0.750. The van der Waals surface area contributed by atoms with Crippen molar-refractivity contribution in [2.45, 2.75) is 38.1 Å². The molecular formula is C12H21NO4S. The average molecular weight is 275 g/mol. The van der Waals surface area contributed by atoms with Crippen molar-refractivity contribution in [3.05, 3.63) is 0 Å². The van der Waals surface area contributed by atoms with E-state index in [-0.39, 0.29) is 17.4 Å². The van der Waals surface area contributed by atoms with E-state index in [0.29, 0.717) is 25.3 Å². The lowest BCUT2D eigenvalue weighted by atomic mass is 10.0. The van der Waals surface area contributed by atoms with Crippen molar-refractivity contribution in [2.24, 2.45) is 5.92 Å². The maximum absolute atomic E-state index is 11.4. The quantitative estimate of drug-likeness (QED) is 0.805. The van der Waals surface area contributed by atoms with Gasteiger partial charge >= 0.3 is 5.97 Å². The van der Waals surface area contributed by atoms with E-state index < -0.39 is 15.8 Å². The number of rotatable bonds is 2. The normalized spacial score (nSPS) is 30.8. The van der Waals surface area contributed by atoms with Crippen LogP contribution < -0.4 is 0 Å². The minimum atomic E-state index is -2.81. The van der Waals surface area contributed by atoms with Gasteiger partial charge in [-0.2, -0.15) is 0 Å². The second-order valence-electron chi connectivity index (χ2n) is 5.39. The number of nitrogens with zero attached hydrogens (tertiary/aromatic N) is 1. The van der Waals surface area contributed by atoms with Crippen LogP contribution in [0.4, 0.5) is 0 Å². The van der Waals surface area contributed by atoms with E-state index in [1.165, 1.54) is 0 Å². The molecule has 18 heavy (non-hydrogen) atoms. The lowest BCUT2D eigenvalue weighted by molar-refractivity contribution is -0.142. The van der Waals surface area contributed by atoms with Crippen LogP contribution in [0.15, 0.2) is 0 Å². The summed E-state index contributed by atoms with van der Waals surface area (Å²) in [6.45, 7) is 1.70. The lowest BCUT2D eigenvalue weighted by Crippen LogP contribution is -2.41. The van der Waals surface area contributed by atoms with Crippen molar-refractivity contribution >= 4 is 15.8 Å². The SMILES string of the molecule is O=C(O)C1CCCN(C2CCS(=O)(=O)CC2)CC1. The average Bonchev–Trinajstić information content (AvgIpc) is 2.54. The predicted molar refractivity (Wildman–Crippen MR) is 68.2 cm³/mol. The summed E-state index contributed by atoms with van der Waals surface area (Å²) in [6.07, 6.45) is 3.76. The molecule has 5 nitrogen and oxygen atoms in total. The molecule has 2 aliphatic heterocycles. The number of hydrogen-bond donors (Lipinski definition) is 1. The van der Waals surface area contributed by atoms with Crippen LogP contribution in [0.5, 0.6) is 0 Å². The smallest absolute Gasteiger partial charge is 0.306 e. The largest absolute Gasteiger partial charge is 0.481 e. The number of carbonyl (C=O) groups is 1. The third-order valence-electron chi connectivity index (χ3n) is 4.15. The molecule has 0 amide bonds. The van der Waals surface area contributed by atoms with Crippen molar-refractivity contribution in [1.29, 1.82) is 0 Å². The van der Waals surface area contributed by atoms with Crippen LogP contribution in [-0.2, 0) is 14.6 Å². The van der Waals surface area contributed by atoms with Crippen molar-refractivity contribution in [1.82, 2.24) is 4.90 Å². The van der Waals surface area contributed by atoms with Gasteiger partial charge in [0.1, 0.15) is 9.84 Å². The summed E-state index contributed by atoms with van der Waals surface area (Å²) >= 11 is 0. The second kappa shape index (κ2) is 5.57. The fraction of sp³-hybridized carbons (Fsp3) is 0.917. The van der Waals surface area contributed by atoms with E-state index in [1.807, 2.05) is 0 Å². The van der Waals surface area contributed by atoms with E-state index in [0.717, 1.165) is 25.9 Å². The Morgan fingerprint density at radius 1 is 1.06 bits per heavy atom. The zero-order chi connectivity index (χ0) is 13.2. The van der Waals surface area contributed by atoms with Crippen molar-refractivity contribution < 1.29 is 18.3 Å². The first kappa shape index (κ1) is 13.8. The molecule has 0 bridgehead atoms. The summed E-state index contributed by atoms with van der Waals surface area (Å²) < 4.78 is 22.8. The fourth-order valence-corrected chi connectivity index (χ4v) is 4.44. The molecule has 0 aromatic heterocycles. The van der Waals surface area contributed by atoms with Gasteiger partial charge in [-0.05, 0) is 45.2 Å². The number of hydrogen-bond acceptors (Lipinski definition) is 4. The third-order valence-corrected chi connectivity index (χ3v) is 5.87. The third kappa shape index (κ3) is 3.45. The standard InChI is InChI=1S/C12H21NO4S/c14-12(15)10-2-1-6-13(7-3-10)11-4-8-18(16,17)9-5-11/h10-11H,1-9H2,(H,14,15). The van der Waals surface area contributed by atoms with Gasteiger partial charge in [0.05, 0.1) is 17.4 Å². The molecule has 2 fully saturated rings. The Kier molecular flexibility index (Phi) is 4.27. The van der Waals surface area contributed by atoms with Gasteiger partial charge in [0.25, 0.3) is 0 Å². The molecule has 2 saturated heterocycles. The number of aliphatic carboxylic acids is 1. The van der Waals surface area contributed by atoms with Crippen LogP contribution in [0.1, 0.15) is 32.1 Å². The summed E-state index contributed by atoms with van der Waals surface area (Å²) in [7, 11) is -2.81. The lowest BCUT2D eigenvalue weighted by Gasteiger charge is -2.33. The zero-order valence-electron chi connectivity index (χ0n) is 10.5. The highest BCUT2D eigenvalue weighted by molar-refractivity contribution is 7.91. The van der Waals surface area contributed by atoms with Gasteiger partial charge in [-0.15, -0.1) is 0 Å². The van der Waals surface area contributed by atoms with E-state index in [9.17, 15) is 13.2 Å². The highest BCUT2D eigenvalue weighted by atomic mass is 32.2. The maximum Gasteiger partial charge on any atom is 0.306 e. The summed E-state index contributed by atoms with van der Waals surface area (Å²) in [6, 6.07) is 0.334. The molecule has 0 aliphatic carbocycles. The van der Waals surface area contributed by atoms with Gasteiger partial charge in [0.15, 0.2) is 0 Å². The number of sulfone groups is 1.